The number of rotatable bonds is 13. The van der Waals surface area contributed by atoms with Crippen LogP contribution in [0.15, 0.2) is 81.7 Å². The first kappa shape index (κ1) is 27.9. The van der Waals surface area contributed by atoms with E-state index in [1.54, 1.807) is 0 Å². The Hall–Kier alpha value is -3.10. The van der Waals surface area contributed by atoms with Crippen molar-refractivity contribution < 1.29 is 19.1 Å². The van der Waals surface area contributed by atoms with Crippen LogP contribution in [0.5, 0.6) is 11.5 Å². The second-order valence-corrected chi connectivity index (χ2v) is 10.5. The smallest absolute Gasteiger partial charge is 0.257 e. The fraction of sp³-hybridized carbons (Fsp3) is 0.267. The zero-order valence-electron chi connectivity index (χ0n) is 21.0. The third-order valence-electron chi connectivity index (χ3n) is 6.12. The first-order chi connectivity index (χ1) is 18.5. The predicted octanol–water partition coefficient (Wildman–Crippen LogP) is 6.77. The lowest BCUT2D eigenvalue weighted by Crippen LogP contribution is -2.30. The van der Waals surface area contributed by atoms with Crippen molar-refractivity contribution in [3.63, 3.8) is 0 Å². The van der Waals surface area contributed by atoms with E-state index in [1.165, 1.54) is 0 Å². The summed E-state index contributed by atoms with van der Waals surface area (Å²) < 4.78 is 13.1. The number of carbonyl (C=O) groups is 2. The number of hydrogen-bond acceptors (Lipinski definition) is 4. The van der Waals surface area contributed by atoms with E-state index in [0.717, 1.165) is 56.2 Å². The number of fused-ring (bicyclic) bond motifs is 2. The highest BCUT2D eigenvalue weighted by atomic mass is 79.9. The molecule has 0 aliphatic carbocycles. The van der Waals surface area contributed by atoms with Crippen LogP contribution in [0, 0.1) is 0 Å². The Balaban J connectivity index is 1.04. The molecule has 4 aromatic carbocycles. The van der Waals surface area contributed by atoms with Crippen molar-refractivity contribution in [2.75, 3.05) is 26.3 Å². The van der Waals surface area contributed by atoms with Gasteiger partial charge in [0.25, 0.3) is 11.8 Å². The molecule has 0 radical (unpaired) electrons. The number of ether oxygens (including phenoxy) is 2. The fourth-order valence-corrected chi connectivity index (χ4v) is 5.31. The maximum atomic E-state index is 12.1. The van der Waals surface area contributed by atoms with Crippen LogP contribution in [-0.2, 0) is 9.59 Å². The Morgan fingerprint density at radius 2 is 1.00 bits per heavy atom. The second-order valence-electron chi connectivity index (χ2n) is 8.89. The lowest BCUT2D eigenvalue weighted by Gasteiger charge is -2.11. The van der Waals surface area contributed by atoms with Crippen molar-refractivity contribution in [2.24, 2.45) is 0 Å². The van der Waals surface area contributed by atoms with Crippen LogP contribution in [0.3, 0.4) is 0 Å². The molecule has 0 heterocycles. The van der Waals surface area contributed by atoms with Gasteiger partial charge in [-0.1, -0.05) is 73.5 Å². The summed E-state index contributed by atoms with van der Waals surface area (Å²) >= 11 is 7.15. The van der Waals surface area contributed by atoms with Gasteiger partial charge in [-0.15, -0.1) is 0 Å². The third kappa shape index (κ3) is 7.71. The van der Waals surface area contributed by atoms with Crippen LogP contribution >= 0.6 is 31.9 Å². The highest BCUT2D eigenvalue weighted by Crippen LogP contribution is 2.34. The zero-order valence-corrected chi connectivity index (χ0v) is 24.1. The summed E-state index contributed by atoms with van der Waals surface area (Å²) in [7, 11) is 0. The standard InChI is InChI=1S/C30H30Br2N2O4/c31-29-23-11-5-3-9-21(23)13-15-25(29)37-19-27(35)33-17-7-1-2-8-18-34-28(36)20-38-26-16-14-22-10-4-6-12-24(22)30(26)32/h3-6,9-16H,1-2,7-8,17-20H2,(H,33,35)(H,34,36). The third-order valence-corrected chi connectivity index (χ3v) is 7.76. The van der Waals surface area contributed by atoms with E-state index < -0.39 is 0 Å². The number of unbranched alkanes of at least 4 members (excludes halogenated alkanes) is 3. The van der Waals surface area contributed by atoms with Crippen LogP contribution in [0.4, 0.5) is 0 Å². The fourth-order valence-electron chi connectivity index (χ4n) is 4.10. The monoisotopic (exact) mass is 640 g/mol. The molecule has 0 atom stereocenters. The Bertz CT molecular complexity index is 1300. The van der Waals surface area contributed by atoms with E-state index in [9.17, 15) is 9.59 Å². The molecule has 4 aromatic rings. The molecule has 0 bridgehead atoms. The molecule has 198 valence electrons. The summed E-state index contributed by atoms with van der Waals surface area (Å²) in [6, 6.07) is 23.7. The zero-order chi connectivity index (χ0) is 26.7. The van der Waals surface area contributed by atoms with Gasteiger partial charge in [-0.2, -0.15) is 0 Å². The van der Waals surface area contributed by atoms with Gasteiger partial charge in [0.1, 0.15) is 11.5 Å². The summed E-state index contributed by atoms with van der Waals surface area (Å²) in [6.45, 7) is 1.14. The van der Waals surface area contributed by atoms with Crippen molar-refractivity contribution in [1.82, 2.24) is 10.6 Å². The summed E-state index contributed by atoms with van der Waals surface area (Å²) in [5.74, 6) is 1.01. The quantitative estimate of drug-likeness (QED) is 0.158. The molecule has 0 saturated carbocycles. The molecule has 0 aliphatic rings. The minimum atomic E-state index is -0.143. The summed E-state index contributed by atoms with van der Waals surface area (Å²) in [5.41, 5.74) is 0. The molecule has 6 nitrogen and oxygen atoms in total. The Kier molecular flexibility index (Phi) is 10.4. The van der Waals surface area contributed by atoms with Gasteiger partial charge in [0.2, 0.25) is 0 Å². The SMILES string of the molecule is O=C(COc1ccc2ccccc2c1Br)NCCCCCCNC(=O)COc1ccc2ccccc2c1Br. The summed E-state index contributed by atoms with van der Waals surface area (Å²) in [6.07, 6.45) is 3.68. The van der Waals surface area contributed by atoms with Crippen LogP contribution in [0.1, 0.15) is 25.7 Å². The highest BCUT2D eigenvalue weighted by molar-refractivity contribution is 9.11. The van der Waals surface area contributed by atoms with E-state index in [0.29, 0.717) is 24.6 Å². The van der Waals surface area contributed by atoms with Gasteiger partial charge < -0.3 is 20.1 Å². The van der Waals surface area contributed by atoms with E-state index in [4.69, 9.17) is 9.47 Å². The molecule has 2 N–H and O–H groups in total. The second kappa shape index (κ2) is 14.2. The van der Waals surface area contributed by atoms with Crippen LogP contribution in [-0.4, -0.2) is 38.1 Å². The topological polar surface area (TPSA) is 76.7 Å². The molecule has 38 heavy (non-hydrogen) atoms. The van der Waals surface area contributed by atoms with Crippen molar-refractivity contribution in [2.45, 2.75) is 25.7 Å². The molecule has 0 aliphatic heterocycles. The molecular formula is C30H30Br2N2O4. The predicted molar refractivity (Wildman–Crippen MR) is 159 cm³/mol. The average Bonchev–Trinajstić information content (AvgIpc) is 2.94. The summed E-state index contributed by atoms with van der Waals surface area (Å²) in [5, 5.41) is 10.1. The van der Waals surface area contributed by atoms with Crippen LogP contribution in [0.25, 0.3) is 21.5 Å². The summed E-state index contributed by atoms with van der Waals surface area (Å²) in [4.78, 5) is 24.3. The van der Waals surface area contributed by atoms with Gasteiger partial charge in [0, 0.05) is 13.1 Å². The lowest BCUT2D eigenvalue weighted by atomic mass is 10.1. The number of benzene rings is 4. The Morgan fingerprint density at radius 3 is 1.45 bits per heavy atom. The van der Waals surface area contributed by atoms with E-state index in [1.807, 2.05) is 72.8 Å². The van der Waals surface area contributed by atoms with E-state index >= 15 is 0 Å². The number of carbonyl (C=O) groups excluding carboxylic acids is 2. The van der Waals surface area contributed by atoms with Crippen molar-refractivity contribution in [1.29, 1.82) is 0 Å². The molecule has 0 fully saturated rings. The molecule has 0 unspecified atom stereocenters. The minimum Gasteiger partial charge on any atom is -0.483 e. The lowest BCUT2D eigenvalue weighted by molar-refractivity contribution is -0.123. The number of hydrogen-bond donors (Lipinski definition) is 2. The molecule has 4 rings (SSSR count). The molecule has 0 aromatic heterocycles. The van der Waals surface area contributed by atoms with E-state index in [-0.39, 0.29) is 25.0 Å². The van der Waals surface area contributed by atoms with E-state index in [2.05, 4.69) is 42.5 Å². The molecular weight excluding hydrogens is 612 g/mol. The number of amides is 2. The number of nitrogens with one attached hydrogen (secondary N) is 2. The molecule has 2 amide bonds. The van der Waals surface area contributed by atoms with Gasteiger partial charge in [0.05, 0.1) is 8.95 Å². The largest absolute Gasteiger partial charge is 0.483 e. The first-order valence-electron chi connectivity index (χ1n) is 12.7. The van der Waals surface area contributed by atoms with Gasteiger partial charge >= 0.3 is 0 Å². The Labute approximate surface area is 239 Å². The van der Waals surface area contributed by atoms with Crippen molar-refractivity contribution >= 4 is 65.2 Å². The van der Waals surface area contributed by atoms with Crippen LogP contribution in [0.2, 0.25) is 0 Å². The molecule has 0 spiro atoms. The first-order valence-corrected chi connectivity index (χ1v) is 14.2. The van der Waals surface area contributed by atoms with Crippen molar-refractivity contribution in [3.8, 4) is 11.5 Å². The van der Waals surface area contributed by atoms with Gasteiger partial charge in [-0.25, -0.2) is 0 Å². The number of halogens is 2. The van der Waals surface area contributed by atoms with Gasteiger partial charge in [0.15, 0.2) is 13.2 Å². The Morgan fingerprint density at radius 1 is 0.579 bits per heavy atom. The normalized spacial score (nSPS) is 10.9. The van der Waals surface area contributed by atoms with Gasteiger partial charge in [-0.05, 0) is 78.4 Å². The highest BCUT2D eigenvalue weighted by Gasteiger charge is 2.10. The molecule has 8 heteroatoms. The average molecular weight is 642 g/mol. The van der Waals surface area contributed by atoms with Gasteiger partial charge in [-0.3, -0.25) is 9.59 Å². The minimum absolute atomic E-state index is 0.0270. The van der Waals surface area contributed by atoms with Crippen LogP contribution < -0.4 is 20.1 Å². The molecule has 0 saturated heterocycles. The maximum absolute atomic E-state index is 12.1. The van der Waals surface area contributed by atoms with Crippen molar-refractivity contribution in [3.05, 3.63) is 81.7 Å². The maximum Gasteiger partial charge on any atom is 0.257 e.